The van der Waals surface area contributed by atoms with Crippen molar-refractivity contribution in [2.24, 2.45) is 0 Å². The van der Waals surface area contributed by atoms with E-state index in [1.54, 1.807) is 6.92 Å². The molecule has 4 heteroatoms. The summed E-state index contributed by atoms with van der Waals surface area (Å²) in [5, 5.41) is 2.03. The van der Waals surface area contributed by atoms with E-state index in [0.29, 0.717) is 0 Å². The quantitative estimate of drug-likeness (QED) is 0.466. The molecule has 0 saturated heterocycles. The summed E-state index contributed by atoms with van der Waals surface area (Å²) in [5.41, 5.74) is -1.81. The van der Waals surface area contributed by atoms with Gasteiger partial charge in [0, 0.05) is 0 Å². The topological polar surface area (TPSA) is 29.1 Å². The molecular formula is C6H12FNOS. The molecular weight excluding hydrogens is 153 g/mol. The Hall–Kier alpha value is -0.250. The second-order valence-electron chi connectivity index (χ2n) is 2.62. The lowest BCUT2D eigenvalue weighted by Crippen LogP contribution is -2.41. The van der Waals surface area contributed by atoms with Crippen LogP contribution in [0.5, 0.6) is 0 Å². The van der Waals surface area contributed by atoms with Gasteiger partial charge < -0.3 is 5.32 Å². The molecule has 0 rings (SSSR count). The third-order valence-electron chi connectivity index (χ3n) is 0.880. The van der Waals surface area contributed by atoms with Gasteiger partial charge in [0.05, 0.1) is 5.37 Å². The molecule has 0 bridgehead atoms. The summed E-state index contributed by atoms with van der Waals surface area (Å²) in [6, 6.07) is 0. The largest absolute Gasteiger partial charge is 0.342 e. The molecule has 0 aliphatic carbocycles. The highest BCUT2D eigenvalue weighted by molar-refractivity contribution is 7.80. The summed E-state index contributed by atoms with van der Waals surface area (Å²) >= 11 is 3.87. The highest BCUT2D eigenvalue weighted by atomic mass is 32.1. The van der Waals surface area contributed by atoms with E-state index in [4.69, 9.17) is 0 Å². The van der Waals surface area contributed by atoms with Gasteiger partial charge in [0.1, 0.15) is 0 Å². The van der Waals surface area contributed by atoms with E-state index in [2.05, 4.69) is 17.9 Å². The van der Waals surface area contributed by atoms with Crippen LogP contribution in [-0.2, 0) is 4.79 Å². The SMILES string of the molecule is CC(S)NC(=O)C(C)(C)F. The van der Waals surface area contributed by atoms with Crippen molar-refractivity contribution in [3.05, 3.63) is 0 Å². The zero-order chi connectivity index (χ0) is 8.36. The summed E-state index contributed by atoms with van der Waals surface area (Å²) in [6.45, 7) is 4.07. The minimum atomic E-state index is -1.81. The van der Waals surface area contributed by atoms with Crippen LogP contribution in [0.4, 0.5) is 4.39 Å². The molecule has 0 aromatic carbocycles. The maximum Gasteiger partial charge on any atom is 0.257 e. The van der Waals surface area contributed by atoms with Crippen molar-refractivity contribution in [3.63, 3.8) is 0 Å². The van der Waals surface area contributed by atoms with Crippen molar-refractivity contribution in [3.8, 4) is 0 Å². The van der Waals surface area contributed by atoms with Gasteiger partial charge >= 0.3 is 0 Å². The van der Waals surface area contributed by atoms with Crippen molar-refractivity contribution >= 4 is 18.5 Å². The number of halogens is 1. The zero-order valence-electron chi connectivity index (χ0n) is 6.31. The molecule has 0 aliphatic rings. The molecule has 0 fully saturated rings. The van der Waals surface area contributed by atoms with Gasteiger partial charge in [-0.15, -0.1) is 0 Å². The molecule has 0 spiro atoms. The van der Waals surface area contributed by atoms with Gasteiger partial charge in [-0.05, 0) is 20.8 Å². The molecule has 0 aliphatic heterocycles. The standard InChI is InChI=1S/C6H12FNOS/c1-4(10)8-5(9)6(2,3)7/h4,10H,1-3H3,(H,8,9). The van der Waals surface area contributed by atoms with E-state index in [1.165, 1.54) is 13.8 Å². The molecule has 2 nitrogen and oxygen atoms in total. The van der Waals surface area contributed by atoms with Gasteiger partial charge in [0.2, 0.25) is 0 Å². The Bertz CT molecular complexity index is 130. The van der Waals surface area contributed by atoms with Crippen molar-refractivity contribution in [1.82, 2.24) is 5.32 Å². The van der Waals surface area contributed by atoms with Crippen LogP contribution < -0.4 is 5.32 Å². The number of rotatable bonds is 2. The van der Waals surface area contributed by atoms with Gasteiger partial charge in [-0.1, -0.05) is 0 Å². The smallest absolute Gasteiger partial charge is 0.257 e. The highest BCUT2D eigenvalue weighted by Gasteiger charge is 2.26. The van der Waals surface area contributed by atoms with E-state index < -0.39 is 11.6 Å². The van der Waals surface area contributed by atoms with E-state index >= 15 is 0 Å². The average Bonchev–Trinajstić information content (AvgIpc) is 1.60. The normalized spacial score (nSPS) is 14.5. The maximum absolute atomic E-state index is 12.7. The van der Waals surface area contributed by atoms with Gasteiger partial charge in [-0.3, -0.25) is 4.79 Å². The van der Waals surface area contributed by atoms with E-state index in [9.17, 15) is 9.18 Å². The Kier molecular flexibility index (Phi) is 3.15. The summed E-state index contributed by atoms with van der Waals surface area (Å²) < 4.78 is 12.7. The number of alkyl halides is 1. The van der Waals surface area contributed by atoms with Crippen LogP contribution in [0.15, 0.2) is 0 Å². The second-order valence-corrected chi connectivity index (χ2v) is 3.40. The molecule has 1 atom stereocenters. The predicted octanol–water partition coefficient (Wildman–Crippen LogP) is 1.13. The fourth-order valence-electron chi connectivity index (χ4n) is 0.361. The molecule has 0 heterocycles. The first kappa shape index (κ1) is 9.75. The Morgan fingerprint density at radius 1 is 1.70 bits per heavy atom. The molecule has 1 amide bonds. The maximum atomic E-state index is 12.7. The number of hydrogen-bond donors (Lipinski definition) is 2. The Morgan fingerprint density at radius 2 is 2.10 bits per heavy atom. The van der Waals surface area contributed by atoms with E-state index in [1.807, 2.05) is 0 Å². The summed E-state index contributed by atoms with van der Waals surface area (Å²) in [5.74, 6) is -0.630. The van der Waals surface area contributed by atoms with Crippen molar-refractivity contribution in [2.75, 3.05) is 0 Å². The summed E-state index contributed by atoms with van der Waals surface area (Å²) in [4.78, 5) is 10.7. The van der Waals surface area contributed by atoms with E-state index in [-0.39, 0.29) is 5.37 Å². The van der Waals surface area contributed by atoms with Crippen LogP contribution >= 0.6 is 12.6 Å². The van der Waals surface area contributed by atoms with Crippen molar-refractivity contribution < 1.29 is 9.18 Å². The number of thiol groups is 1. The highest BCUT2D eigenvalue weighted by Crippen LogP contribution is 2.08. The Labute approximate surface area is 65.6 Å². The first-order chi connectivity index (χ1) is 4.34. The number of hydrogen-bond acceptors (Lipinski definition) is 2. The number of amides is 1. The molecule has 1 N–H and O–H groups in total. The van der Waals surface area contributed by atoms with Crippen LogP contribution in [-0.4, -0.2) is 16.9 Å². The minimum Gasteiger partial charge on any atom is -0.342 e. The van der Waals surface area contributed by atoms with E-state index in [0.717, 1.165) is 0 Å². The molecule has 0 saturated carbocycles. The second kappa shape index (κ2) is 3.23. The molecule has 0 aromatic heterocycles. The molecule has 1 unspecified atom stereocenters. The van der Waals surface area contributed by atoms with Crippen LogP contribution in [0.25, 0.3) is 0 Å². The average molecular weight is 165 g/mol. The van der Waals surface area contributed by atoms with Gasteiger partial charge in [-0.2, -0.15) is 12.6 Å². The van der Waals surface area contributed by atoms with Gasteiger partial charge in [0.15, 0.2) is 5.67 Å². The van der Waals surface area contributed by atoms with Crippen LogP contribution in [0.2, 0.25) is 0 Å². The lowest BCUT2D eigenvalue weighted by atomic mass is 10.1. The molecule has 60 valence electrons. The lowest BCUT2D eigenvalue weighted by molar-refractivity contribution is -0.130. The number of nitrogens with one attached hydrogen (secondary N) is 1. The van der Waals surface area contributed by atoms with Gasteiger partial charge in [0.25, 0.3) is 5.91 Å². The summed E-state index contributed by atoms with van der Waals surface area (Å²) in [7, 11) is 0. The lowest BCUT2D eigenvalue weighted by Gasteiger charge is -2.15. The van der Waals surface area contributed by atoms with Crippen LogP contribution in [0.3, 0.4) is 0 Å². The molecule has 10 heavy (non-hydrogen) atoms. The number of carbonyl (C=O) groups is 1. The molecule has 0 aromatic rings. The van der Waals surface area contributed by atoms with Gasteiger partial charge in [-0.25, -0.2) is 4.39 Å². The number of carbonyl (C=O) groups excluding carboxylic acids is 1. The van der Waals surface area contributed by atoms with Crippen molar-refractivity contribution in [1.29, 1.82) is 0 Å². The first-order valence-electron chi connectivity index (χ1n) is 3.02. The zero-order valence-corrected chi connectivity index (χ0v) is 7.21. The van der Waals surface area contributed by atoms with Crippen molar-refractivity contribution in [2.45, 2.75) is 31.8 Å². The summed E-state index contributed by atoms with van der Waals surface area (Å²) in [6.07, 6.45) is 0. The monoisotopic (exact) mass is 165 g/mol. The molecule has 0 radical (unpaired) electrons. The third kappa shape index (κ3) is 3.71. The first-order valence-corrected chi connectivity index (χ1v) is 3.53. The predicted molar refractivity (Wildman–Crippen MR) is 41.8 cm³/mol. The Balaban J connectivity index is 3.87. The van der Waals surface area contributed by atoms with Crippen LogP contribution in [0.1, 0.15) is 20.8 Å². The van der Waals surface area contributed by atoms with Crippen LogP contribution in [0, 0.1) is 0 Å². The fraction of sp³-hybridized carbons (Fsp3) is 0.833. The Morgan fingerprint density at radius 3 is 2.20 bits per heavy atom. The fourth-order valence-corrected chi connectivity index (χ4v) is 0.479. The minimum absolute atomic E-state index is 0.303. The third-order valence-corrected chi connectivity index (χ3v) is 1.01.